The van der Waals surface area contributed by atoms with Crippen LogP contribution in [0.15, 0.2) is 60.8 Å². The van der Waals surface area contributed by atoms with Gasteiger partial charge in [-0.2, -0.15) is 0 Å². The van der Waals surface area contributed by atoms with Crippen molar-refractivity contribution in [1.29, 1.82) is 0 Å². The fraction of sp³-hybridized carbons (Fsp3) is 0.789. The van der Waals surface area contributed by atoms with Crippen LogP contribution in [0.1, 0.15) is 288 Å². The molecule has 0 aliphatic rings. The van der Waals surface area contributed by atoms with Gasteiger partial charge in [-0.15, -0.1) is 0 Å². The Morgan fingerprint density at radius 3 is 0.512 bits per heavy atom. The molecule has 0 spiro atoms. The molecule has 6 nitrogen and oxygen atoms in total. The first-order chi connectivity index (χ1) is 36.8. The van der Waals surface area contributed by atoms with E-state index in [2.05, 4.69) is 177 Å². The summed E-state index contributed by atoms with van der Waals surface area (Å²) in [6.07, 6.45) is 11.1. The summed E-state index contributed by atoms with van der Waals surface area (Å²) in [7, 11) is 0. The van der Waals surface area contributed by atoms with E-state index < -0.39 is 0 Å². The number of rotatable bonds is 26. The van der Waals surface area contributed by atoms with Crippen LogP contribution in [0, 0.1) is 107 Å². The summed E-state index contributed by atoms with van der Waals surface area (Å²) >= 11 is 0. The Hall–Kier alpha value is -3.28. The third-order valence-corrected chi connectivity index (χ3v) is 12.1. The van der Waals surface area contributed by atoms with Gasteiger partial charge in [0, 0.05) is 48.3 Å². The zero-order chi connectivity index (χ0) is 67.8. The van der Waals surface area contributed by atoms with Gasteiger partial charge < -0.3 is 0 Å². The van der Waals surface area contributed by atoms with Gasteiger partial charge in [0.25, 0.3) is 0 Å². The number of allylic oxidation sites excluding steroid dienone is 6. The van der Waals surface area contributed by atoms with E-state index in [1.54, 1.807) is 27.7 Å². The molecule has 0 aromatic rings. The van der Waals surface area contributed by atoms with Crippen molar-refractivity contribution in [1.82, 2.24) is 0 Å². The van der Waals surface area contributed by atoms with Gasteiger partial charge in [-0.1, -0.05) is 312 Å². The summed E-state index contributed by atoms with van der Waals surface area (Å²) in [4.78, 5) is 66.1. The van der Waals surface area contributed by atoms with Gasteiger partial charge in [-0.3, -0.25) is 28.8 Å². The van der Waals surface area contributed by atoms with Crippen molar-refractivity contribution in [3.05, 3.63) is 60.8 Å². The fourth-order valence-corrected chi connectivity index (χ4v) is 5.79. The van der Waals surface area contributed by atoms with E-state index in [1.807, 2.05) is 83.1 Å². The molecule has 0 aliphatic heterocycles. The second-order valence-corrected chi connectivity index (χ2v) is 28.9. The summed E-state index contributed by atoms with van der Waals surface area (Å²) in [5.74, 6) is 8.56. The molecule has 0 saturated carbocycles. The summed E-state index contributed by atoms with van der Waals surface area (Å²) < 4.78 is 0. The Balaban J connectivity index is -0.000000105. The zero-order valence-corrected chi connectivity index (χ0v) is 62.1. The van der Waals surface area contributed by atoms with Crippen molar-refractivity contribution in [2.24, 2.45) is 107 Å². The third kappa shape index (κ3) is 78.8. The summed E-state index contributed by atoms with van der Waals surface area (Å²) in [6, 6.07) is 0. The van der Waals surface area contributed by atoms with E-state index in [9.17, 15) is 28.8 Å². The van der Waals surface area contributed by atoms with Crippen LogP contribution in [0.5, 0.6) is 0 Å². The van der Waals surface area contributed by atoms with Crippen LogP contribution in [0.25, 0.3) is 0 Å². The van der Waals surface area contributed by atoms with Crippen molar-refractivity contribution in [2.45, 2.75) is 288 Å². The SMILES string of the molecule is C=C(C(=O)C(C)C)C(C)C.C=C(C(=O)C(C)C)C(C)C.C=C(CC(C)C)C(C)C.C=C(CC(C)C)C(C)C.CC(C)/C=C\C(C)C.CC(C)C(=O)C(=O)C(C)C.CC(C)CC(=O)C(C)C.CC(C)CC(=O)C(C)C.CC(C)CCC(C)C. The molecule has 0 rings (SSSR count). The minimum absolute atomic E-state index is 0.0925. The van der Waals surface area contributed by atoms with Gasteiger partial charge >= 0.3 is 0 Å². The molecule has 0 saturated heterocycles. The van der Waals surface area contributed by atoms with Crippen LogP contribution in [-0.4, -0.2) is 34.7 Å². The molecule has 0 aromatic heterocycles. The fourth-order valence-electron chi connectivity index (χ4n) is 5.79. The smallest absolute Gasteiger partial charge is 0.201 e. The molecule has 0 radical (unpaired) electrons. The average Bonchev–Trinajstić information content (AvgIpc) is 3.31. The van der Waals surface area contributed by atoms with Crippen LogP contribution in [0.2, 0.25) is 0 Å². The Morgan fingerprint density at radius 1 is 0.244 bits per heavy atom. The maximum atomic E-state index is 11.2. The predicted octanol–water partition coefficient (Wildman–Crippen LogP) is 23.2. The lowest BCUT2D eigenvalue weighted by molar-refractivity contribution is -0.140. The number of Topliss-reactive ketones (excluding diaryl/α,β-unsaturated/α-hetero) is 6. The Bertz CT molecular complexity index is 1430. The van der Waals surface area contributed by atoms with Gasteiger partial charge in [-0.05, 0) is 95.0 Å². The minimum atomic E-state index is -0.255. The number of carbonyl (C=O) groups excluding carboxylic acids is 6. The van der Waals surface area contributed by atoms with Crippen molar-refractivity contribution < 1.29 is 28.8 Å². The van der Waals surface area contributed by atoms with Gasteiger partial charge in [0.1, 0.15) is 11.6 Å². The lowest BCUT2D eigenvalue weighted by Crippen LogP contribution is -2.23. The molecule has 0 aromatic carbocycles. The quantitative estimate of drug-likeness (QED) is 0.0486. The second-order valence-electron chi connectivity index (χ2n) is 28.9. The van der Waals surface area contributed by atoms with Gasteiger partial charge in [-0.25, -0.2) is 0 Å². The molecule has 0 N–H and O–H groups in total. The first kappa shape index (κ1) is 97.8. The topological polar surface area (TPSA) is 102 Å². The zero-order valence-electron chi connectivity index (χ0n) is 62.1. The van der Waals surface area contributed by atoms with E-state index in [1.165, 1.54) is 36.8 Å². The Kier molecular flexibility index (Phi) is 69.3. The third-order valence-electron chi connectivity index (χ3n) is 12.1. The standard InChI is InChI=1S/2C9H16O.2C9H18.C8H14O2.2C8H16O.C8H18.C8H16/c2*1-6(2)8(5)9(10)7(3)4;2*1-7(2)6-9(5)8(3)4;1-5(2)7(9)8(10)6(3)4;2*1-6(2)5-8(9)7(3)4;2*1-7(2)5-6-8(3)4/h2*6-7H,5H2,1-4H3;2*7-8H,5-6H2,1-4H3;5-6H,1-4H3;2*6-7H,5H2,1-4H3;7-8H,5-6H2,1-4H3;5-8H,1-4H3/b;;;;;;;;6-5-. The lowest BCUT2D eigenvalue weighted by atomic mass is 9.94. The van der Waals surface area contributed by atoms with E-state index in [4.69, 9.17) is 0 Å². The summed E-state index contributed by atoms with van der Waals surface area (Å²) in [5, 5.41) is 0. The van der Waals surface area contributed by atoms with E-state index >= 15 is 0 Å². The molecule has 0 aliphatic carbocycles. The molecular weight excluding hydrogens is 1010 g/mol. The van der Waals surface area contributed by atoms with Crippen LogP contribution in [0.4, 0.5) is 0 Å². The molecule has 0 heterocycles. The van der Waals surface area contributed by atoms with Crippen LogP contribution < -0.4 is 0 Å². The molecule has 0 bridgehead atoms. The molecule has 0 unspecified atom stereocenters. The Labute approximate surface area is 516 Å². The van der Waals surface area contributed by atoms with Crippen LogP contribution >= 0.6 is 0 Å². The van der Waals surface area contributed by atoms with Gasteiger partial charge in [0.2, 0.25) is 11.6 Å². The largest absolute Gasteiger partial charge is 0.299 e. The predicted molar refractivity (Wildman–Crippen MR) is 371 cm³/mol. The first-order valence-electron chi connectivity index (χ1n) is 32.4. The molecule has 0 amide bonds. The molecular formula is C76H148O6. The minimum Gasteiger partial charge on any atom is -0.299 e. The molecule has 0 fully saturated rings. The summed E-state index contributed by atoms with van der Waals surface area (Å²) in [6.45, 7) is 89.6. The van der Waals surface area contributed by atoms with Crippen molar-refractivity contribution in [3.63, 3.8) is 0 Å². The van der Waals surface area contributed by atoms with Gasteiger partial charge in [0.15, 0.2) is 11.6 Å². The molecule has 488 valence electrons. The van der Waals surface area contributed by atoms with Crippen molar-refractivity contribution in [2.75, 3.05) is 0 Å². The highest BCUT2D eigenvalue weighted by Crippen LogP contribution is 2.18. The number of carbonyl (C=O) groups is 6. The second kappa shape index (κ2) is 58.1. The molecule has 0 atom stereocenters. The monoisotopic (exact) mass is 1160 g/mol. The Morgan fingerprint density at radius 2 is 0.439 bits per heavy atom. The first-order valence-corrected chi connectivity index (χ1v) is 32.4. The lowest BCUT2D eigenvalue weighted by Gasteiger charge is -2.10. The van der Waals surface area contributed by atoms with Crippen molar-refractivity contribution >= 4 is 34.7 Å². The summed E-state index contributed by atoms with van der Waals surface area (Å²) in [5.41, 5.74) is 4.25. The van der Waals surface area contributed by atoms with Crippen LogP contribution in [-0.2, 0) is 28.8 Å². The normalized spacial score (nSPS) is 11.0. The highest BCUT2D eigenvalue weighted by Gasteiger charge is 2.20. The van der Waals surface area contributed by atoms with Crippen molar-refractivity contribution in [3.8, 4) is 0 Å². The maximum absolute atomic E-state index is 11.2. The highest BCUT2D eigenvalue weighted by molar-refractivity contribution is 6.38. The van der Waals surface area contributed by atoms with E-state index in [0.717, 1.165) is 47.7 Å². The number of hydrogen-bond acceptors (Lipinski definition) is 6. The average molecular weight is 1160 g/mol. The molecule has 82 heavy (non-hydrogen) atoms. The van der Waals surface area contributed by atoms with E-state index in [-0.39, 0.29) is 70.5 Å². The maximum Gasteiger partial charge on any atom is 0.201 e. The highest BCUT2D eigenvalue weighted by atomic mass is 16.2. The van der Waals surface area contributed by atoms with Crippen LogP contribution in [0.3, 0.4) is 0 Å². The van der Waals surface area contributed by atoms with Gasteiger partial charge in [0.05, 0.1) is 0 Å². The number of hydrogen-bond donors (Lipinski definition) is 0. The molecule has 6 heteroatoms. The van der Waals surface area contributed by atoms with E-state index in [0.29, 0.717) is 47.1 Å². The number of ketones is 6.